The van der Waals surface area contributed by atoms with Crippen LogP contribution in [0.15, 0.2) is 0 Å². The minimum Gasteiger partial charge on any atom is -0.344 e. The first kappa shape index (κ1) is 16.3. The molecule has 128 valence electrons. The first-order valence-electron chi connectivity index (χ1n) is 8.90. The number of hydrogen-bond acceptors (Lipinski definition) is 3. The summed E-state index contributed by atoms with van der Waals surface area (Å²) in [6.45, 7) is 0.600. The van der Waals surface area contributed by atoms with Crippen LogP contribution in [0, 0.1) is 5.92 Å². The van der Waals surface area contributed by atoms with Gasteiger partial charge in [0.05, 0.1) is 0 Å². The minimum atomic E-state index is -0.723. The van der Waals surface area contributed by atoms with Gasteiger partial charge in [-0.1, -0.05) is 32.1 Å². The second-order valence-electron chi connectivity index (χ2n) is 7.39. The lowest BCUT2D eigenvalue weighted by Crippen LogP contribution is -2.46. The summed E-state index contributed by atoms with van der Waals surface area (Å²) in [5, 5.41) is 2.82. The van der Waals surface area contributed by atoms with Crippen LogP contribution in [0.3, 0.4) is 0 Å². The summed E-state index contributed by atoms with van der Waals surface area (Å²) in [6, 6.07) is -0.406. The van der Waals surface area contributed by atoms with E-state index in [-0.39, 0.29) is 18.4 Å². The van der Waals surface area contributed by atoms with Crippen LogP contribution >= 0.6 is 0 Å². The van der Waals surface area contributed by atoms with Gasteiger partial charge in [-0.25, -0.2) is 4.79 Å². The first-order valence-corrected chi connectivity index (χ1v) is 8.90. The fraction of sp³-hybridized carbons (Fsp3) is 0.824. The Bertz CT molecular complexity index is 493. The zero-order chi connectivity index (χ0) is 16.4. The molecule has 1 N–H and O–H groups in total. The molecule has 1 saturated heterocycles. The molecule has 0 aromatic heterocycles. The normalized spacial score (nSPS) is 24.3. The van der Waals surface area contributed by atoms with E-state index < -0.39 is 11.6 Å². The van der Waals surface area contributed by atoms with Gasteiger partial charge in [-0.15, -0.1) is 0 Å². The molecule has 2 aliphatic carbocycles. The second-order valence-corrected chi connectivity index (χ2v) is 7.39. The smallest absolute Gasteiger partial charge is 0.325 e. The highest BCUT2D eigenvalue weighted by Gasteiger charge is 2.52. The maximum Gasteiger partial charge on any atom is 0.325 e. The molecule has 2 saturated carbocycles. The Morgan fingerprint density at radius 3 is 2.48 bits per heavy atom. The van der Waals surface area contributed by atoms with E-state index in [4.69, 9.17) is 0 Å². The van der Waals surface area contributed by atoms with E-state index in [2.05, 4.69) is 5.32 Å². The van der Waals surface area contributed by atoms with Gasteiger partial charge in [0, 0.05) is 13.6 Å². The Morgan fingerprint density at radius 1 is 1.17 bits per heavy atom. The molecule has 3 aliphatic rings. The molecule has 6 heteroatoms. The van der Waals surface area contributed by atoms with Crippen molar-refractivity contribution in [1.82, 2.24) is 15.1 Å². The highest BCUT2D eigenvalue weighted by molar-refractivity contribution is 6.09. The van der Waals surface area contributed by atoms with Gasteiger partial charge in [0.2, 0.25) is 5.91 Å². The summed E-state index contributed by atoms with van der Waals surface area (Å²) < 4.78 is 0. The molecule has 23 heavy (non-hydrogen) atoms. The predicted octanol–water partition coefficient (Wildman–Crippen LogP) is 1.89. The Labute approximate surface area is 137 Å². The zero-order valence-electron chi connectivity index (χ0n) is 14.0. The molecule has 1 aliphatic heterocycles. The summed E-state index contributed by atoms with van der Waals surface area (Å²) in [5.74, 6) is 0.204. The monoisotopic (exact) mass is 321 g/mol. The average molecular weight is 321 g/mol. The topological polar surface area (TPSA) is 69.7 Å². The Morgan fingerprint density at radius 2 is 1.83 bits per heavy atom. The van der Waals surface area contributed by atoms with Crippen molar-refractivity contribution in [3.05, 3.63) is 0 Å². The number of rotatable bonds is 4. The lowest BCUT2D eigenvalue weighted by Gasteiger charge is -2.28. The van der Waals surface area contributed by atoms with Crippen LogP contribution in [-0.4, -0.2) is 53.3 Å². The molecule has 0 radical (unpaired) electrons. The van der Waals surface area contributed by atoms with Crippen molar-refractivity contribution in [2.75, 3.05) is 20.1 Å². The van der Waals surface area contributed by atoms with Gasteiger partial charge in [0.1, 0.15) is 12.1 Å². The third kappa shape index (κ3) is 3.21. The van der Waals surface area contributed by atoms with E-state index in [1.165, 1.54) is 32.1 Å². The molecule has 3 fully saturated rings. The number of hydrogen-bond donors (Lipinski definition) is 1. The van der Waals surface area contributed by atoms with Gasteiger partial charge < -0.3 is 10.2 Å². The van der Waals surface area contributed by atoms with Crippen LogP contribution in [0.25, 0.3) is 0 Å². The fourth-order valence-electron chi connectivity index (χ4n) is 4.25. The van der Waals surface area contributed by atoms with Gasteiger partial charge in [0.15, 0.2) is 0 Å². The number of imide groups is 1. The SMILES string of the molecule is CN(CC1CCCCC1)C(=O)CN1C(=O)NC2(CCCC2)C1=O. The molecule has 0 aromatic carbocycles. The Kier molecular flexibility index (Phi) is 4.60. The first-order chi connectivity index (χ1) is 11.0. The summed E-state index contributed by atoms with van der Waals surface area (Å²) in [4.78, 5) is 39.9. The van der Waals surface area contributed by atoms with E-state index in [9.17, 15) is 14.4 Å². The van der Waals surface area contributed by atoms with Gasteiger partial charge in [-0.2, -0.15) is 0 Å². The minimum absolute atomic E-state index is 0.129. The summed E-state index contributed by atoms with van der Waals surface area (Å²) >= 11 is 0. The van der Waals surface area contributed by atoms with Crippen LogP contribution in [0.5, 0.6) is 0 Å². The van der Waals surface area contributed by atoms with E-state index >= 15 is 0 Å². The van der Waals surface area contributed by atoms with Gasteiger partial charge in [-0.05, 0) is 31.6 Å². The van der Waals surface area contributed by atoms with Crippen molar-refractivity contribution >= 4 is 17.8 Å². The van der Waals surface area contributed by atoms with Crippen molar-refractivity contribution in [3.63, 3.8) is 0 Å². The predicted molar refractivity (Wildman–Crippen MR) is 85.7 cm³/mol. The summed E-state index contributed by atoms with van der Waals surface area (Å²) in [7, 11) is 1.78. The Hall–Kier alpha value is -1.59. The summed E-state index contributed by atoms with van der Waals surface area (Å²) in [5.41, 5.74) is -0.723. The molecule has 0 bridgehead atoms. The summed E-state index contributed by atoms with van der Waals surface area (Å²) in [6.07, 6.45) is 9.40. The molecule has 0 aromatic rings. The highest BCUT2D eigenvalue weighted by Crippen LogP contribution is 2.35. The van der Waals surface area contributed by atoms with E-state index in [1.807, 2.05) is 0 Å². The molecule has 0 unspecified atom stereocenters. The van der Waals surface area contributed by atoms with Crippen molar-refractivity contribution in [3.8, 4) is 0 Å². The van der Waals surface area contributed by atoms with Crippen molar-refractivity contribution in [2.45, 2.75) is 63.3 Å². The third-order valence-corrected chi connectivity index (χ3v) is 5.68. The number of likely N-dealkylation sites (N-methyl/N-ethyl adjacent to an activating group) is 1. The maximum atomic E-state index is 12.6. The molecular formula is C17H27N3O3. The zero-order valence-corrected chi connectivity index (χ0v) is 14.0. The van der Waals surface area contributed by atoms with Crippen molar-refractivity contribution < 1.29 is 14.4 Å². The highest BCUT2D eigenvalue weighted by atomic mass is 16.2. The number of carbonyl (C=O) groups excluding carboxylic acids is 3. The molecule has 6 nitrogen and oxygen atoms in total. The molecule has 3 rings (SSSR count). The van der Waals surface area contributed by atoms with Crippen LogP contribution in [0.2, 0.25) is 0 Å². The largest absolute Gasteiger partial charge is 0.344 e. The molecule has 1 spiro atoms. The van der Waals surface area contributed by atoms with E-state index in [1.54, 1.807) is 11.9 Å². The molecule has 1 heterocycles. The number of urea groups is 1. The molecular weight excluding hydrogens is 294 g/mol. The van der Waals surface area contributed by atoms with Crippen LogP contribution < -0.4 is 5.32 Å². The number of nitrogens with one attached hydrogen (secondary N) is 1. The average Bonchev–Trinajstić information content (AvgIpc) is 3.09. The lowest BCUT2D eigenvalue weighted by atomic mass is 9.89. The van der Waals surface area contributed by atoms with Crippen LogP contribution in [0.4, 0.5) is 4.79 Å². The maximum absolute atomic E-state index is 12.6. The molecule has 0 atom stereocenters. The number of amides is 4. The number of carbonyl (C=O) groups is 3. The number of nitrogens with zero attached hydrogens (tertiary/aromatic N) is 2. The fourth-order valence-corrected chi connectivity index (χ4v) is 4.25. The van der Waals surface area contributed by atoms with Crippen LogP contribution in [0.1, 0.15) is 57.8 Å². The standard InChI is InChI=1S/C17H27N3O3/c1-19(11-13-7-3-2-4-8-13)14(21)12-20-15(22)17(18-16(20)23)9-5-6-10-17/h13H,2-12H2,1H3,(H,18,23). The van der Waals surface area contributed by atoms with Gasteiger partial charge >= 0.3 is 6.03 Å². The van der Waals surface area contributed by atoms with E-state index in [0.717, 1.165) is 24.3 Å². The lowest BCUT2D eigenvalue weighted by molar-refractivity contribution is -0.138. The van der Waals surface area contributed by atoms with E-state index in [0.29, 0.717) is 18.8 Å². The quantitative estimate of drug-likeness (QED) is 0.804. The Balaban J connectivity index is 1.56. The van der Waals surface area contributed by atoms with Crippen molar-refractivity contribution in [1.29, 1.82) is 0 Å². The van der Waals surface area contributed by atoms with Gasteiger partial charge in [-0.3, -0.25) is 14.5 Å². The molecule has 4 amide bonds. The van der Waals surface area contributed by atoms with Crippen LogP contribution in [-0.2, 0) is 9.59 Å². The van der Waals surface area contributed by atoms with Gasteiger partial charge in [0.25, 0.3) is 5.91 Å². The second kappa shape index (κ2) is 6.49. The van der Waals surface area contributed by atoms with Crippen molar-refractivity contribution in [2.24, 2.45) is 5.92 Å². The third-order valence-electron chi connectivity index (χ3n) is 5.68.